The van der Waals surface area contributed by atoms with Gasteiger partial charge in [-0.05, 0) is 36.8 Å². The number of ether oxygens (including phenoxy) is 1. The third-order valence-corrected chi connectivity index (χ3v) is 4.71. The van der Waals surface area contributed by atoms with Crippen LogP contribution in [0.1, 0.15) is 12.5 Å². The minimum atomic E-state index is -3.54. The molecular weight excluding hydrogens is 342 g/mol. The number of aliphatic carboxylic acids is 1. The number of sulfonamides is 1. The molecule has 2 aromatic carbocycles. The van der Waals surface area contributed by atoms with Crippen molar-refractivity contribution in [2.45, 2.75) is 17.9 Å². The van der Waals surface area contributed by atoms with Crippen LogP contribution in [0.2, 0.25) is 0 Å². The first-order valence-electron chi connectivity index (χ1n) is 7.59. The molecule has 0 fully saturated rings. The van der Waals surface area contributed by atoms with E-state index < -0.39 is 22.1 Å². The molecule has 0 aromatic heterocycles. The van der Waals surface area contributed by atoms with Crippen LogP contribution in [0.3, 0.4) is 0 Å². The second kappa shape index (κ2) is 8.46. The smallest absolute Gasteiger partial charge is 0.344 e. The Morgan fingerprint density at radius 1 is 1.20 bits per heavy atom. The van der Waals surface area contributed by atoms with Gasteiger partial charge in [0.1, 0.15) is 5.75 Å². The summed E-state index contributed by atoms with van der Waals surface area (Å²) in [5, 5.41) is 8.85. The quantitative estimate of drug-likeness (QED) is 0.754. The van der Waals surface area contributed by atoms with Gasteiger partial charge in [0.15, 0.2) is 6.10 Å². The topological polar surface area (TPSA) is 92.7 Å². The van der Waals surface area contributed by atoms with Gasteiger partial charge < -0.3 is 9.84 Å². The molecule has 6 nitrogen and oxygen atoms in total. The molecule has 2 aromatic rings. The summed E-state index contributed by atoms with van der Waals surface area (Å²) >= 11 is 0. The highest BCUT2D eigenvalue weighted by Crippen LogP contribution is 2.16. The largest absolute Gasteiger partial charge is 0.479 e. The van der Waals surface area contributed by atoms with E-state index >= 15 is 0 Å². The number of carboxylic acids is 1. The number of carbonyl (C=O) groups is 1. The van der Waals surface area contributed by atoms with Crippen LogP contribution in [-0.2, 0) is 14.8 Å². The Bertz CT molecular complexity index is 847. The fraction of sp³-hybridized carbons (Fsp3) is 0.167. The molecule has 2 N–H and O–H groups in total. The maximum atomic E-state index is 12.1. The molecule has 25 heavy (non-hydrogen) atoms. The monoisotopic (exact) mass is 361 g/mol. The maximum absolute atomic E-state index is 12.1. The van der Waals surface area contributed by atoms with Gasteiger partial charge in [-0.15, -0.1) is 0 Å². The Hall–Kier alpha value is -2.64. The fourth-order valence-electron chi connectivity index (χ4n) is 1.98. The van der Waals surface area contributed by atoms with Crippen molar-refractivity contribution in [3.05, 3.63) is 66.2 Å². The first kappa shape index (κ1) is 18.7. The minimum absolute atomic E-state index is 0.133. The van der Waals surface area contributed by atoms with Gasteiger partial charge in [0.25, 0.3) is 0 Å². The van der Waals surface area contributed by atoms with Gasteiger partial charge in [-0.2, -0.15) is 0 Å². The van der Waals surface area contributed by atoms with Crippen molar-refractivity contribution in [1.82, 2.24) is 4.72 Å². The molecule has 1 unspecified atom stereocenters. The average molecular weight is 361 g/mol. The molecule has 0 spiro atoms. The van der Waals surface area contributed by atoms with Crippen molar-refractivity contribution in [3.8, 4) is 5.75 Å². The van der Waals surface area contributed by atoms with Crippen LogP contribution in [0.25, 0.3) is 6.08 Å². The zero-order valence-corrected chi connectivity index (χ0v) is 14.4. The van der Waals surface area contributed by atoms with Crippen molar-refractivity contribution in [2.24, 2.45) is 0 Å². The van der Waals surface area contributed by atoms with Gasteiger partial charge in [0.2, 0.25) is 10.0 Å². The minimum Gasteiger partial charge on any atom is -0.479 e. The van der Waals surface area contributed by atoms with E-state index in [2.05, 4.69) is 4.72 Å². The zero-order valence-electron chi connectivity index (χ0n) is 13.6. The van der Waals surface area contributed by atoms with E-state index in [9.17, 15) is 13.2 Å². The van der Waals surface area contributed by atoms with Gasteiger partial charge in [-0.3, -0.25) is 0 Å². The van der Waals surface area contributed by atoms with Crippen molar-refractivity contribution in [1.29, 1.82) is 0 Å². The van der Waals surface area contributed by atoms with E-state index in [4.69, 9.17) is 9.84 Å². The zero-order chi connectivity index (χ0) is 18.3. The summed E-state index contributed by atoms with van der Waals surface area (Å²) < 4.78 is 31.9. The molecule has 0 saturated heterocycles. The predicted molar refractivity (Wildman–Crippen MR) is 94.8 cm³/mol. The number of hydrogen-bond acceptors (Lipinski definition) is 4. The predicted octanol–water partition coefficient (Wildman–Crippen LogP) is 2.53. The lowest BCUT2D eigenvalue weighted by atomic mass is 10.2. The number of benzene rings is 2. The Balaban J connectivity index is 1.95. The van der Waals surface area contributed by atoms with Crippen LogP contribution >= 0.6 is 0 Å². The normalized spacial score (nSPS) is 12.8. The van der Waals surface area contributed by atoms with Crippen molar-refractivity contribution in [3.63, 3.8) is 0 Å². The molecular formula is C18H19NO5S. The van der Waals surface area contributed by atoms with Crippen LogP contribution in [-0.4, -0.2) is 32.1 Å². The van der Waals surface area contributed by atoms with Crippen molar-refractivity contribution >= 4 is 22.1 Å². The van der Waals surface area contributed by atoms with E-state index in [0.29, 0.717) is 5.75 Å². The molecule has 1 atom stereocenters. The van der Waals surface area contributed by atoms with Crippen LogP contribution in [0, 0.1) is 0 Å². The lowest BCUT2D eigenvalue weighted by Gasteiger charge is -2.10. The first-order chi connectivity index (χ1) is 11.9. The number of carboxylic acid groups (broad SMARTS) is 1. The molecule has 2 rings (SSSR count). The van der Waals surface area contributed by atoms with Gasteiger partial charge in [-0.25, -0.2) is 17.9 Å². The second-order valence-electron chi connectivity index (χ2n) is 5.24. The summed E-state index contributed by atoms with van der Waals surface area (Å²) in [6, 6.07) is 15.0. The van der Waals surface area contributed by atoms with Crippen LogP contribution in [0.15, 0.2) is 65.6 Å². The van der Waals surface area contributed by atoms with Crippen molar-refractivity contribution in [2.75, 3.05) is 6.54 Å². The van der Waals surface area contributed by atoms with Crippen LogP contribution in [0.5, 0.6) is 5.75 Å². The molecule has 0 aliphatic rings. The third-order valence-electron chi connectivity index (χ3n) is 3.27. The van der Waals surface area contributed by atoms with E-state index in [0.717, 1.165) is 5.56 Å². The summed E-state index contributed by atoms with van der Waals surface area (Å²) in [5.41, 5.74) is 0.772. The Kier molecular flexibility index (Phi) is 6.32. The molecule has 0 saturated carbocycles. The number of hydrogen-bond donors (Lipinski definition) is 2. The molecule has 0 heterocycles. The molecule has 0 amide bonds. The molecule has 0 radical (unpaired) electrons. The van der Waals surface area contributed by atoms with E-state index in [-0.39, 0.29) is 11.4 Å². The van der Waals surface area contributed by atoms with Gasteiger partial charge in [0, 0.05) is 6.54 Å². The lowest BCUT2D eigenvalue weighted by molar-refractivity contribution is -0.144. The summed E-state index contributed by atoms with van der Waals surface area (Å²) in [4.78, 5) is 11.0. The van der Waals surface area contributed by atoms with Crippen molar-refractivity contribution < 1.29 is 23.1 Å². The SMILES string of the molecule is CC(Oc1cccc(/C=C/CNS(=O)(=O)c2ccccc2)c1)C(=O)O. The van der Waals surface area contributed by atoms with Gasteiger partial charge >= 0.3 is 5.97 Å². The van der Waals surface area contributed by atoms with Gasteiger partial charge in [-0.1, -0.05) is 42.5 Å². The molecule has 7 heteroatoms. The highest BCUT2D eigenvalue weighted by atomic mass is 32.2. The highest BCUT2D eigenvalue weighted by Gasteiger charge is 2.12. The number of nitrogens with one attached hydrogen (secondary N) is 1. The van der Waals surface area contributed by atoms with Crippen LogP contribution < -0.4 is 9.46 Å². The number of rotatable bonds is 8. The summed E-state index contributed by atoms with van der Waals surface area (Å²) in [6.45, 7) is 1.58. The summed E-state index contributed by atoms with van der Waals surface area (Å²) in [6.07, 6.45) is 2.45. The molecule has 0 bridgehead atoms. The lowest BCUT2D eigenvalue weighted by Crippen LogP contribution is -2.23. The molecule has 0 aliphatic carbocycles. The van der Waals surface area contributed by atoms with Crippen LogP contribution in [0.4, 0.5) is 0 Å². The highest BCUT2D eigenvalue weighted by molar-refractivity contribution is 7.89. The van der Waals surface area contributed by atoms with E-state index in [1.54, 1.807) is 54.6 Å². The standard InChI is InChI=1S/C18H19NO5S/c1-14(18(20)21)24-16-9-5-7-15(13-16)8-6-12-19-25(22,23)17-10-3-2-4-11-17/h2-11,13-14,19H,12H2,1H3,(H,20,21)/b8-6+. The maximum Gasteiger partial charge on any atom is 0.344 e. The van der Waals surface area contributed by atoms with E-state index in [1.807, 2.05) is 0 Å². The Labute approximate surface area is 146 Å². The second-order valence-corrected chi connectivity index (χ2v) is 7.01. The first-order valence-corrected chi connectivity index (χ1v) is 9.07. The average Bonchev–Trinajstić information content (AvgIpc) is 2.60. The summed E-state index contributed by atoms with van der Waals surface area (Å²) in [5.74, 6) is -0.613. The Morgan fingerprint density at radius 2 is 1.92 bits per heavy atom. The fourth-order valence-corrected chi connectivity index (χ4v) is 2.98. The molecule has 132 valence electrons. The van der Waals surface area contributed by atoms with Gasteiger partial charge in [0.05, 0.1) is 4.90 Å². The third kappa shape index (κ3) is 5.74. The molecule has 0 aliphatic heterocycles. The summed E-state index contributed by atoms with van der Waals surface area (Å²) in [7, 11) is -3.54. The van der Waals surface area contributed by atoms with E-state index in [1.165, 1.54) is 19.1 Å². The Morgan fingerprint density at radius 3 is 2.60 bits per heavy atom.